The molecule has 126 valence electrons. The number of ether oxygens (including phenoxy) is 1. The third-order valence-electron chi connectivity index (χ3n) is 3.86. The van der Waals surface area contributed by atoms with E-state index in [9.17, 15) is 4.79 Å². The number of rotatable bonds is 3. The fourth-order valence-electron chi connectivity index (χ4n) is 2.62. The third kappa shape index (κ3) is 3.66. The molecule has 1 aliphatic rings. The Bertz CT molecular complexity index is 720. The van der Waals surface area contributed by atoms with Crippen molar-refractivity contribution in [2.75, 3.05) is 36.5 Å². The number of aromatic nitrogens is 2. The average molecular weight is 347 g/mol. The molecule has 1 aliphatic heterocycles. The lowest BCUT2D eigenvalue weighted by molar-refractivity contribution is 0.102. The number of morpholine rings is 1. The van der Waals surface area contributed by atoms with Gasteiger partial charge in [0.2, 0.25) is 5.95 Å². The fourth-order valence-corrected chi connectivity index (χ4v) is 2.99. The summed E-state index contributed by atoms with van der Waals surface area (Å²) in [6.45, 7) is 6.70. The number of anilines is 2. The Morgan fingerprint density at radius 1 is 1.21 bits per heavy atom. The highest BCUT2D eigenvalue weighted by molar-refractivity contribution is 6.34. The maximum absolute atomic E-state index is 12.4. The van der Waals surface area contributed by atoms with Gasteiger partial charge in [-0.2, -0.15) is 0 Å². The monoisotopic (exact) mass is 346 g/mol. The molecule has 1 aromatic carbocycles. The molecule has 1 aromatic heterocycles. The average Bonchev–Trinajstić information content (AvgIpc) is 2.59. The van der Waals surface area contributed by atoms with E-state index >= 15 is 0 Å². The SMILES string of the molecule is Cc1cc(C)c(NC(=O)c2cnc(N3CCOCC3)nc2)c(Cl)c1. The summed E-state index contributed by atoms with van der Waals surface area (Å²) in [5.74, 6) is 0.330. The molecule has 1 amide bonds. The summed E-state index contributed by atoms with van der Waals surface area (Å²) in [6, 6.07) is 3.79. The molecule has 0 radical (unpaired) electrons. The first-order valence-corrected chi connectivity index (χ1v) is 8.15. The van der Waals surface area contributed by atoms with Gasteiger partial charge in [-0.3, -0.25) is 4.79 Å². The summed E-state index contributed by atoms with van der Waals surface area (Å²) in [7, 11) is 0. The van der Waals surface area contributed by atoms with E-state index in [1.807, 2.05) is 30.9 Å². The number of hydrogen-bond acceptors (Lipinski definition) is 5. The predicted molar refractivity (Wildman–Crippen MR) is 93.9 cm³/mol. The first-order valence-electron chi connectivity index (χ1n) is 7.77. The van der Waals surface area contributed by atoms with Crippen LogP contribution in [-0.2, 0) is 4.74 Å². The van der Waals surface area contributed by atoms with Crippen molar-refractivity contribution in [2.24, 2.45) is 0 Å². The molecule has 1 N–H and O–H groups in total. The van der Waals surface area contributed by atoms with Crippen molar-refractivity contribution in [2.45, 2.75) is 13.8 Å². The van der Waals surface area contributed by atoms with Gasteiger partial charge in [0.25, 0.3) is 5.91 Å². The zero-order chi connectivity index (χ0) is 17.1. The summed E-state index contributed by atoms with van der Waals surface area (Å²) >= 11 is 6.23. The van der Waals surface area contributed by atoms with Crippen LogP contribution in [0.2, 0.25) is 5.02 Å². The minimum Gasteiger partial charge on any atom is -0.378 e. The number of carbonyl (C=O) groups is 1. The van der Waals surface area contributed by atoms with E-state index in [0.29, 0.717) is 35.4 Å². The van der Waals surface area contributed by atoms with Gasteiger partial charge < -0.3 is 15.0 Å². The minimum absolute atomic E-state index is 0.280. The van der Waals surface area contributed by atoms with Gasteiger partial charge in [-0.25, -0.2) is 9.97 Å². The number of halogens is 1. The summed E-state index contributed by atoms with van der Waals surface area (Å²) in [6.07, 6.45) is 3.06. The summed E-state index contributed by atoms with van der Waals surface area (Å²) in [4.78, 5) is 23.0. The second-order valence-corrected chi connectivity index (χ2v) is 6.17. The molecule has 2 aromatic rings. The van der Waals surface area contributed by atoms with Crippen molar-refractivity contribution < 1.29 is 9.53 Å². The fraction of sp³-hybridized carbons (Fsp3) is 0.353. The summed E-state index contributed by atoms with van der Waals surface area (Å²) in [5, 5.41) is 3.36. The number of hydrogen-bond donors (Lipinski definition) is 1. The summed E-state index contributed by atoms with van der Waals surface area (Å²) < 4.78 is 5.31. The van der Waals surface area contributed by atoms with Crippen LogP contribution in [0, 0.1) is 13.8 Å². The smallest absolute Gasteiger partial charge is 0.258 e. The van der Waals surface area contributed by atoms with Gasteiger partial charge in [-0.15, -0.1) is 0 Å². The highest BCUT2D eigenvalue weighted by Crippen LogP contribution is 2.27. The van der Waals surface area contributed by atoms with E-state index in [1.165, 1.54) is 12.4 Å². The van der Waals surface area contributed by atoms with Crippen molar-refractivity contribution in [1.82, 2.24) is 9.97 Å². The summed E-state index contributed by atoms with van der Waals surface area (Å²) in [5.41, 5.74) is 2.97. The molecule has 0 atom stereocenters. The van der Waals surface area contributed by atoms with Crippen molar-refractivity contribution in [3.8, 4) is 0 Å². The molecule has 6 nitrogen and oxygen atoms in total. The van der Waals surface area contributed by atoms with E-state index in [1.54, 1.807) is 0 Å². The molecule has 0 aliphatic carbocycles. The lowest BCUT2D eigenvalue weighted by Gasteiger charge is -2.26. The van der Waals surface area contributed by atoms with E-state index < -0.39 is 0 Å². The maximum Gasteiger partial charge on any atom is 0.258 e. The van der Waals surface area contributed by atoms with E-state index in [4.69, 9.17) is 16.3 Å². The topological polar surface area (TPSA) is 67.4 Å². The second-order valence-electron chi connectivity index (χ2n) is 5.76. The molecule has 0 saturated carbocycles. The second kappa shape index (κ2) is 7.15. The largest absolute Gasteiger partial charge is 0.378 e. The Hall–Kier alpha value is -2.18. The first kappa shape index (κ1) is 16.7. The van der Waals surface area contributed by atoms with Gasteiger partial charge in [0, 0.05) is 25.5 Å². The Morgan fingerprint density at radius 3 is 2.50 bits per heavy atom. The molecule has 2 heterocycles. The van der Waals surface area contributed by atoms with Crippen molar-refractivity contribution in [1.29, 1.82) is 0 Å². The lowest BCUT2D eigenvalue weighted by Crippen LogP contribution is -2.37. The first-order chi connectivity index (χ1) is 11.5. The van der Waals surface area contributed by atoms with Crippen LogP contribution in [0.1, 0.15) is 21.5 Å². The maximum atomic E-state index is 12.4. The van der Waals surface area contributed by atoms with Crippen molar-refractivity contribution in [3.05, 3.63) is 46.2 Å². The van der Waals surface area contributed by atoms with Crippen LogP contribution in [-0.4, -0.2) is 42.2 Å². The number of carbonyl (C=O) groups excluding carboxylic acids is 1. The molecule has 0 bridgehead atoms. The van der Waals surface area contributed by atoms with Crippen LogP contribution in [0.5, 0.6) is 0 Å². The molecular weight excluding hydrogens is 328 g/mol. The highest BCUT2D eigenvalue weighted by atomic mass is 35.5. The van der Waals surface area contributed by atoms with Crippen LogP contribution in [0.15, 0.2) is 24.5 Å². The molecule has 24 heavy (non-hydrogen) atoms. The molecule has 1 saturated heterocycles. The Labute approximate surface area is 145 Å². The van der Waals surface area contributed by atoms with Gasteiger partial charge in [0.05, 0.1) is 29.5 Å². The van der Waals surface area contributed by atoms with Crippen molar-refractivity contribution in [3.63, 3.8) is 0 Å². The standard InChI is InChI=1S/C17H19ClN4O2/c1-11-7-12(2)15(14(18)8-11)21-16(23)13-9-19-17(20-10-13)22-3-5-24-6-4-22/h7-10H,3-6H2,1-2H3,(H,21,23). The number of aryl methyl sites for hydroxylation is 2. The zero-order valence-corrected chi connectivity index (χ0v) is 14.4. The van der Waals surface area contributed by atoms with Crippen LogP contribution in [0.3, 0.4) is 0 Å². The highest BCUT2D eigenvalue weighted by Gasteiger charge is 2.16. The molecular formula is C17H19ClN4O2. The van der Waals surface area contributed by atoms with Gasteiger partial charge >= 0.3 is 0 Å². The molecule has 0 unspecified atom stereocenters. The van der Waals surface area contributed by atoms with Gasteiger partial charge in [-0.1, -0.05) is 17.7 Å². The number of nitrogens with one attached hydrogen (secondary N) is 1. The Kier molecular flexibility index (Phi) is 4.97. The Balaban J connectivity index is 1.73. The van der Waals surface area contributed by atoms with Gasteiger partial charge in [0.1, 0.15) is 0 Å². The van der Waals surface area contributed by atoms with E-state index in [-0.39, 0.29) is 5.91 Å². The number of nitrogens with zero attached hydrogens (tertiary/aromatic N) is 3. The minimum atomic E-state index is -0.280. The van der Waals surface area contributed by atoms with Crippen LogP contribution < -0.4 is 10.2 Å². The normalized spacial score (nSPS) is 14.5. The Morgan fingerprint density at radius 2 is 1.88 bits per heavy atom. The number of amides is 1. The van der Waals surface area contributed by atoms with E-state index in [0.717, 1.165) is 24.2 Å². The molecule has 7 heteroatoms. The predicted octanol–water partition coefficient (Wildman–Crippen LogP) is 2.84. The van der Waals surface area contributed by atoms with Crippen LogP contribution in [0.25, 0.3) is 0 Å². The van der Waals surface area contributed by atoms with Crippen LogP contribution in [0.4, 0.5) is 11.6 Å². The molecule has 3 rings (SSSR count). The third-order valence-corrected chi connectivity index (χ3v) is 4.16. The van der Waals surface area contributed by atoms with E-state index in [2.05, 4.69) is 15.3 Å². The van der Waals surface area contributed by atoms with Crippen molar-refractivity contribution >= 4 is 29.1 Å². The molecule has 1 fully saturated rings. The zero-order valence-electron chi connectivity index (χ0n) is 13.7. The van der Waals surface area contributed by atoms with Gasteiger partial charge in [0.15, 0.2) is 0 Å². The van der Waals surface area contributed by atoms with Crippen LogP contribution >= 0.6 is 11.6 Å². The van der Waals surface area contributed by atoms with Gasteiger partial charge in [-0.05, 0) is 31.0 Å². The lowest BCUT2D eigenvalue weighted by atomic mass is 10.1. The molecule has 0 spiro atoms. The quantitative estimate of drug-likeness (QED) is 0.925. The number of benzene rings is 1.